The summed E-state index contributed by atoms with van der Waals surface area (Å²) in [7, 11) is 0. The van der Waals surface area contributed by atoms with Gasteiger partial charge in [-0.2, -0.15) is 0 Å². The summed E-state index contributed by atoms with van der Waals surface area (Å²) < 4.78 is 6.42. The molecule has 0 radical (unpaired) electrons. The van der Waals surface area contributed by atoms with Crippen LogP contribution in [0.3, 0.4) is 0 Å². The molecule has 1 heterocycles. The van der Waals surface area contributed by atoms with Gasteiger partial charge >= 0.3 is 0 Å². The molecule has 2 rings (SSSR count). The average molecular weight is 356 g/mol. The highest BCUT2D eigenvalue weighted by Gasteiger charge is 2.11. The number of benzene rings is 1. The van der Waals surface area contributed by atoms with Crippen molar-refractivity contribution < 1.29 is 4.52 Å². The summed E-state index contributed by atoms with van der Waals surface area (Å²) in [6.07, 6.45) is 0. The van der Waals surface area contributed by atoms with Gasteiger partial charge in [0.2, 0.25) is 0 Å². The molecule has 1 aromatic heterocycles. The molecule has 1 N–H and O–H groups in total. The second-order valence-corrected chi connectivity index (χ2v) is 5.70. The van der Waals surface area contributed by atoms with E-state index in [4.69, 9.17) is 4.52 Å². The number of nitrogens with one attached hydrogen (secondary N) is 1. The third kappa shape index (κ3) is 3.11. The number of hydrogen-bond donors (Lipinski definition) is 1. The Morgan fingerprint density at radius 1 is 1.28 bits per heavy atom. The van der Waals surface area contributed by atoms with Crippen LogP contribution in [0, 0.1) is 17.4 Å². The van der Waals surface area contributed by atoms with Crippen LogP contribution in [0.15, 0.2) is 28.8 Å². The first-order valence-electron chi connectivity index (χ1n) is 5.98. The van der Waals surface area contributed by atoms with Gasteiger partial charge in [0.15, 0.2) is 0 Å². The molecule has 1 aromatic carbocycles. The predicted octanol–water partition coefficient (Wildman–Crippen LogP) is 3.75. The van der Waals surface area contributed by atoms with Crippen LogP contribution in [0.25, 0.3) is 0 Å². The summed E-state index contributed by atoms with van der Waals surface area (Å²) >= 11 is 2.32. The first kappa shape index (κ1) is 13.5. The first-order chi connectivity index (χ1) is 8.58. The molecule has 0 aliphatic carbocycles. The molecule has 0 aliphatic heterocycles. The molecule has 3 nitrogen and oxygen atoms in total. The number of aryl methyl sites for hydroxylation is 2. The van der Waals surface area contributed by atoms with Gasteiger partial charge in [0.05, 0.1) is 5.69 Å². The smallest absolute Gasteiger partial charge is 0.138 e. The molecule has 96 valence electrons. The number of nitrogens with zero attached hydrogens (tertiary/aromatic N) is 1. The van der Waals surface area contributed by atoms with Crippen LogP contribution < -0.4 is 5.32 Å². The van der Waals surface area contributed by atoms with Gasteiger partial charge < -0.3 is 9.84 Å². The molecular formula is C14H17IN2O. The van der Waals surface area contributed by atoms with Gasteiger partial charge in [0.1, 0.15) is 5.76 Å². The SMILES string of the molecule is Cc1noc(C)c1CNC(C)c1ccc(I)cc1. The minimum absolute atomic E-state index is 0.315. The second kappa shape index (κ2) is 5.84. The Balaban J connectivity index is 2.00. The second-order valence-electron chi connectivity index (χ2n) is 4.46. The Labute approximate surface area is 121 Å². The lowest BCUT2D eigenvalue weighted by atomic mass is 10.1. The molecule has 0 bridgehead atoms. The number of rotatable bonds is 4. The summed E-state index contributed by atoms with van der Waals surface area (Å²) in [5, 5.41) is 7.46. The highest BCUT2D eigenvalue weighted by atomic mass is 127. The zero-order chi connectivity index (χ0) is 13.1. The predicted molar refractivity (Wildman–Crippen MR) is 80.4 cm³/mol. The zero-order valence-electron chi connectivity index (χ0n) is 10.8. The van der Waals surface area contributed by atoms with Gasteiger partial charge in [-0.1, -0.05) is 17.3 Å². The van der Waals surface area contributed by atoms with E-state index in [9.17, 15) is 0 Å². The maximum absolute atomic E-state index is 5.16. The molecule has 0 saturated heterocycles. The van der Waals surface area contributed by atoms with Gasteiger partial charge in [-0.15, -0.1) is 0 Å². The summed E-state index contributed by atoms with van der Waals surface area (Å²) in [6, 6.07) is 8.89. The van der Waals surface area contributed by atoms with Crippen LogP contribution in [0.5, 0.6) is 0 Å². The van der Waals surface area contributed by atoms with E-state index in [0.717, 1.165) is 23.6 Å². The number of hydrogen-bond acceptors (Lipinski definition) is 3. The fourth-order valence-electron chi connectivity index (χ4n) is 1.88. The molecule has 1 unspecified atom stereocenters. The van der Waals surface area contributed by atoms with Crippen molar-refractivity contribution in [2.75, 3.05) is 0 Å². The standard InChI is InChI=1S/C14H17IN2O/c1-9(12-4-6-13(15)7-5-12)16-8-14-10(2)17-18-11(14)3/h4-7,9,16H,8H2,1-3H3. The largest absolute Gasteiger partial charge is 0.361 e. The lowest BCUT2D eigenvalue weighted by Gasteiger charge is -2.14. The highest BCUT2D eigenvalue weighted by Crippen LogP contribution is 2.17. The van der Waals surface area contributed by atoms with Crippen LogP contribution in [0.2, 0.25) is 0 Å². The minimum atomic E-state index is 0.315. The number of halogens is 1. The lowest BCUT2D eigenvalue weighted by Crippen LogP contribution is -2.18. The van der Waals surface area contributed by atoms with Crippen molar-refractivity contribution in [2.45, 2.75) is 33.4 Å². The first-order valence-corrected chi connectivity index (χ1v) is 7.06. The summed E-state index contributed by atoms with van der Waals surface area (Å²) in [5.41, 5.74) is 3.42. The Kier molecular flexibility index (Phi) is 4.40. The Hall–Kier alpha value is -0.880. The fourth-order valence-corrected chi connectivity index (χ4v) is 2.24. The topological polar surface area (TPSA) is 38.1 Å². The van der Waals surface area contributed by atoms with Gasteiger partial charge in [-0.05, 0) is 61.1 Å². The fraction of sp³-hybridized carbons (Fsp3) is 0.357. The van der Waals surface area contributed by atoms with Crippen molar-refractivity contribution >= 4 is 22.6 Å². The van der Waals surface area contributed by atoms with E-state index in [2.05, 4.69) is 64.3 Å². The van der Waals surface area contributed by atoms with E-state index in [1.165, 1.54) is 9.13 Å². The normalized spacial score (nSPS) is 12.7. The van der Waals surface area contributed by atoms with Gasteiger partial charge in [0.25, 0.3) is 0 Å². The molecule has 1 atom stereocenters. The van der Waals surface area contributed by atoms with E-state index in [1.54, 1.807) is 0 Å². The summed E-state index contributed by atoms with van der Waals surface area (Å²) in [6.45, 7) is 6.88. The Morgan fingerprint density at radius 2 is 1.94 bits per heavy atom. The summed E-state index contributed by atoms with van der Waals surface area (Å²) in [5.74, 6) is 0.898. The van der Waals surface area contributed by atoms with Crippen LogP contribution in [-0.4, -0.2) is 5.16 Å². The molecule has 4 heteroatoms. The molecule has 2 aromatic rings. The van der Waals surface area contributed by atoms with Crippen LogP contribution in [-0.2, 0) is 6.54 Å². The van der Waals surface area contributed by atoms with Crippen molar-refractivity contribution in [2.24, 2.45) is 0 Å². The third-order valence-corrected chi connectivity index (χ3v) is 3.86. The van der Waals surface area contributed by atoms with E-state index in [0.29, 0.717) is 6.04 Å². The third-order valence-electron chi connectivity index (χ3n) is 3.14. The van der Waals surface area contributed by atoms with Gasteiger partial charge in [0, 0.05) is 21.7 Å². The average Bonchev–Trinajstić information content (AvgIpc) is 2.67. The van der Waals surface area contributed by atoms with Crippen LogP contribution >= 0.6 is 22.6 Å². The monoisotopic (exact) mass is 356 g/mol. The maximum Gasteiger partial charge on any atom is 0.138 e. The molecule has 0 aliphatic rings. The Bertz CT molecular complexity index is 500. The molecule has 18 heavy (non-hydrogen) atoms. The molecular weight excluding hydrogens is 339 g/mol. The minimum Gasteiger partial charge on any atom is -0.361 e. The quantitative estimate of drug-likeness (QED) is 0.848. The lowest BCUT2D eigenvalue weighted by molar-refractivity contribution is 0.391. The van der Waals surface area contributed by atoms with Crippen molar-refractivity contribution in [1.82, 2.24) is 10.5 Å². The van der Waals surface area contributed by atoms with E-state index in [-0.39, 0.29) is 0 Å². The van der Waals surface area contributed by atoms with E-state index < -0.39 is 0 Å². The van der Waals surface area contributed by atoms with E-state index >= 15 is 0 Å². The van der Waals surface area contributed by atoms with Gasteiger partial charge in [-0.3, -0.25) is 0 Å². The van der Waals surface area contributed by atoms with Crippen LogP contribution in [0.4, 0.5) is 0 Å². The Morgan fingerprint density at radius 3 is 2.50 bits per heavy atom. The molecule has 0 spiro atoms. The van der Waals surface area contributed by atoms with Crippen molar-refractivity contribution in [3.8, 4) is 0 Å². The van der Waals surface area contributed by atoms with Gasteiger partial charge in [-0.25, -0.2) is 0 Å². The molecule has 0 amide bonds. The highest BCUT2D eigenvalue weighted by molar-refractivity contribution is 14.1. The van der Waals surface area contributed by atoms with E-state index in [1.807, 2.05) is 13.8 Å². The van der Waals surface area contributed by atoms with Crippen LogP contribution in [0.1, 0.15) is 35.5 Å². The summed E-state index contributed by atoms with van der Waals surface area (Å²) in [4.78, 5) is 0. The van der Waals surface area contributed by atoms with Crippen molar-refractivity contribution in [1.29, 1.82) is 0 Å². The number of aromatic nitrogens is 1. The molecule has 0 saturated carbocycles. The van der Waals surface area contributed by atoms with Crippen molar-refractivity contribution in [3.63, 3.8) is 0 Å². The molecule has 0 fully saturated rings. The maximum atomic E-state index is 5.16. The van der Waals surface area contributed by atoms with Crippen molar-refractivity contribution in [3.05, 3.63) is 50.4 Å². The zero-order valence-corrected chi connectivity index (χ0v) is 13.0.